The van der Waals surface area contributed by atoms with Gasteiger partial charge in [-0.3, -0.25) is 10.1 Å². The molecule has 0 aliphatic heterocycles. The van der Waals surface area contributed by atoms with Crippen LogP contribution in [0.2, 0.25) is 0 Å². The molecule has 0 radical (unpaired) electrons. The molecule has 0 heterocycles. The molecule has 0 spiro atoms. The molecule has 0 atom stereocenters. The Morgan fingerprint density at radius 1 is 1.53 bits per heavy atom. The van der Waals surface area contributed by atoms with Gasteiger partial charge in [-0.2, -0.15) is 0 Å². The van der Waals surface area contributed by atoms with E-state index in [0.717, 1.165) is 36.4 Å². The zero-order chi connectivity index (χ0) is 12.5. The highest BCUT2D eigenvalue weighted by Gasteiger charge is 2.42. The van der Waals surface area contributed by atoms with Crippen LogP contribution in [0.3, 0.4) is 0 Å². The number of hydrogen-bond donors (Lipinski definition) is 0. The van der Waals surface area contributed by atoms with Crippen LogP contribution >= 0.6 is 15.9 Å². The summed E-state index contributed by atoms with van der Waals surface area (Å²) in [6.45, 7) is 0.378. The van der Waals surface area contributed by atoms with Crippen LogP contribution in [-0.2, 0) is 0 Å². The third-order valence-electron chi connectivity index (χ3n) is 2.89. The van der Waals surface area contributed by atoms with Crippen molar-refractivity contribution in [3.8, 4) is 5.75 Å². The van der Waals surface area contributed by atoms with E-state index in [1.54, 1.807) is 0 Å². The quantitative estimate of drug-likeness (QED) is 0.476. The molecule has 1 aromatic rings. The fraction of sp³-hybridized carbons (Fsp3) is 0.455. The number of benzene rings is 1. The van der Waals surface area contributed by atoms with Crippen molar-refractivity contribution in [2.75, 3.05) is 11.9 Å². The fourth-order valence-electron chi connectivity index (χ4n) is 1.48. The van der Waals surface area contributed by atoms with Gasteiger partial charge in [0.05, 0.1) is 11.5 Å². The Balaban J connectivity index is 2.13. The third kappa shape index (κ3) is 2.74. The fourth-order valence-corrected chi connectivity index (χ4v) is 2.20. The Bertz CT molecular complexity index is 448. The molecule has 92 valence electrons. The lowest BCUT2D eigenvalue weighted by atomic mass is 10.2. The van der Waals surface area contributed by atoms with Gasteiger partial charge in [-0.05, 0) is 18.9 Å². The molecule has 0 amide bonds. The van der Waals surface area contributed by atoms with Gasteiger partial charge >= 0.3 is 5.69 Å². The molecule has 17 heavy (non-hydrogen) atoms. The second kappa shape index (κ2) is 4.60. The maximum atomic E-state index is 13.0. The van der Waals surface area contributed by atoms with Crippen LogP contribution in [0.15, 0.2) is 18.2 Å². The molecule has 1 aliphatic rings. The number of nitro groups is 1. The largest absolute Gasteiger partial charge is 0.486 e. The van der Waals surface area contributed by atoms with Crippen LogP contribution in [0.1, 0.15) is 12.8 Å². The average molecular weight is 304 g/mol. The molecule has 0 N–H and O–H groups in total. The zero-order valence-corrected chi connectivity index (χ0v) is 10.6. The van der Waals surface area contributed by atoms with E-state index in [9.17, 15) is 14.5 Å². The van der Waals surface area contributed by atoms with Crippen LogP contribution in [-0.4, -0.2) is 16.9 Å². The summed E-state index contributed by atoms with van der Waals surface area (Å²) in [6, 6.07) is 3.24. The first-order valence-electron chi connectivity index (χ1n) is 5.19. The Labute approximate surface area is 106 Å². The van der Waals surface area contributed by atoms with E-state index >= 15 is 0 Å². The number of nitro benzene ring substituents is 1. The van der Waals surface area contributed by atoms with Crippen LogP contribution in [0, 0.1) is 21.3 Å². The predicted octanol–water partition coefficient (Wildman–Crippen LogP) is 3.29. The number of halogens is 2. The van der Waals surface area contributed by atoms with Crippen molar-refractivity contribution in [2.24, 2.45) is 5.41 Å². The molecule has 1 aromatic carbocycles. The molecular formula is C11H11BrFNO3. The second-order valence-electron chi connectivity index (χ2n) is 4.29. The summed E-state index contributed by atoms with van der Waals surface area (Å²) in [7, 11) is 0. The van der Waals surface area contributed by atoms with E-state index in [0.29, 0.717) is 6.61 Å². The minimum atomic E-state index is -0.567. The lowest BCUT2D eigenvalue weighted by molar-refractivity contribution is -0.386. The van der Waals surface area contributed by atoms with Gasteiger partial charge in [0, 0.05) is 22.9 Å². The molecule has 0 bridgehead atoms. The maximum absolute atomic E-state index is 13.0. The molecule has 1 aliphatic carbocycles. The summed E-state index contributed by atoms with van der Waals surface area (Å²) < 4.78 is 18.4. The van der Waals surface area contributed by atoms with E-state index in [1.165, 1.54) is 0 Å². The number of alkyl halides is 1. The first kappa shape index (κ1) is 12.3. The molecule has 0 aromatic heterocycles. The molecule has 6 heteroatoms. The Kier molecular flexibility index (Phi) is 3.33. The summed E-state index contributed by atoms with van der Waals surface area (Å²) in [5.74, 6) is -0.531. The number of hydrogen-bond acceptors (Lipinski definition) is 3. The van der Waals surface area contributed by atoms with Gasteiger partial charge in [0.2, 0.25) is 0 Å². The van der Waals surface area contributed by atoms with Gasteiger partial charge in [0.25, 0.3) is 0 Å². The van der Waals surface area contributed by atoms with E-state index in [-0.39, 0.29) is 16.9 Å². The molecule has 1 saturated carbocycles. The van der Waals surface area contributed by atoms with Gasteiger partial charge in [-0.25, -0.2) is 4.39 Å². The van der Waals surface area contributed by atoms with Gasteiger partial charge in [-0.1, -0.05) is 15.9 Å². The van der Waals surface area contributed by atoms with Crippen LogP contribution in [0.5, 0.6) is 5.75 Å². The average Bonchev–Trinajstić information content (AvgIpc) is 3.07. The third-order valence-corrected chi connectivity index (χ3v) is 4.08. The highest BCUT2D eigenvalue weighted by atomic mass is 79.9. The second-order valence-corrected chi connectivity index (χ2v) is 4.85. The molecule has 2 rings (SSSR count). The van der Waals surface area contributed by atoms with Crippen LogP contribution in [0.25, 0.3) is 0 Å². The van der Waals surface area contributed by atoms with Crippen molar-refractivity contribution in [1.82, 2.24) is 0 Å². The van der Waals surface area contributed by atoms with Gasteiger partial charge in [0.1, 0.15) is 5.82 Å². The Morgan fingerprint density at radius 3 is 2.76 bits per heavy atom. The lowest BCUT2D eigenvalue weighted by Gasteiger charge is -2.13. The van der Waals surface area contributed by atoms with E-state index < -0.39 is 10.7 Å². The summed E-state index contributed by atoms with van der Waals surface area (Å²) >= 11 is 3.38. The smallest absolute Gasteiger partial charge is 0.311 e. The van der Waals surface area contributed by atoms with Crippen molar-refractivity contribution in [3.05, 3.63) is 34.1 Å². The van der Waals surface area contributed by atoms with Gasteiger partial charge in [-0.15, -0.1) is 0 Å². The van der Waals surface area contributed by atoms with Crippen LogP contribution < -0.4 is 4.74 Å². The summed E-state index contributed by atoms with van der Waals surface area (Å²) in [5.41, 5.74) is -0.128. The number of ether oxygens (including phenoxy) is 1. The normalized spacial score (nSPS) is 16.6. The Hall–Kier alpha value is -1.17. The monoisotopic (exact) mass is 303 g/mol. The highest BCUT2D eigenvalue weighted by molar-refractivity contribution is 9.09. The van der Waals surface area contributed by atoms with Crippen LogP contribution in [0.4, 0.5) is 10.1 Å². The van der Waals surface area contributed by atoms with Gasteiger partial charge < -0.3 is 4.74 Å². The summed E-state index contributed by atoms with van der Waals surface area (Å²) in [5, 5.41) is 11.5. The molecule has 0 unspecified atom stereocenters. The zero-order valence-electron chi connectivity index (χ0n) is 8.99. The molecule has 4 nitrogen and oxygen atoms in total. The molecular weight excluding hydrogens is 293 g/mol. The molecule has 1 fully saturated rings. The van der Waals surface area contributed by atoms with E-state index in [1.807, 2.05) is 0 Å². The summed E-state index contributed by atoms with van der Waals surface area (Å²) in [4.78, 5) is 10.2. The minimum Gasteiger partial charge on any atom is -0.486 e. The molecule has 0 saturated heterocycles. The van der Waals surface area contributed by atoms with E-state index in [4.69, 9.17) is 4.74 Å². The highest BCUT2D eigenvalue weighted by Crippen LogP contribution is 2.47. The Morgan fingerprint density at radius 2 is 2.24 bits per heavy atom. The van der Waals surface area contributed by atoms with Crippen molar-refractivity contribution in [1.29, 1.82) is 0 Å². The van der Waals surface area contributed by atoms with Gasteiger partial charge in [0.15, 0.2) is 5.75 Å². The van der Waals surface area contributed by atoms with Crippen molar-refractivity contribution in [3.63, 3.8) is 0 Å². The van der Waals surface area contributed by atoms with Crippen molar-refractivity contribution >= 4 is 21.6 Å². The maximum Gasteiger partial charge on any atom is 0.311 e. The van der Waals surface area contributed by atoms with E-state index in [2.05, 4.69) is 15.9 Å². The topological polar surface area (TPSA) is 52.4 Å². The number of nitrogens with zero attached hydrogens (tertiary/aromatic N) is 1. The number of rotatable bonds is 5. The summed E-state index contributed by atoms with van der Waals surface area (Å²) in [6.07, 6.45) is 2.06. The van der Waals surface area contributed by atoms with Crippen molar-refractivity contribution in [2.45, 2.75) is 12.8 Å². The lowest BCUT2D eigenvalue weighted by Crippen LogP contribution is -2.15. The minimum absolute atomic E-state index is 0.00206. The standard InChI is InChI=1S/C11H11BrFNO3/c12-6-11(3-4-11)7-17-10-5-8(13)1-2-9(10)14(15)16/h1-2,5H,3-4,6-7H2. The first-order chi connectivity index (χ1) is 8.06. The first-order valence-corrected chi connectivity index (χ1v) is 6.31. The SMILES string of the molecule is O=[N+]([O-])c1ccc(F)cc1OCC1(CBr)CC1. The predicted molar refractivity (Wildman–Crippen MR) is 64.0 cm³/mol. The van der Waals surface area contributed by atoms with Crippen molar-refractivity contribution < 1.29 is 14.1 Å².